The number of fused-ring (bicyclic) bond motifs is 2. The molecular weight excluding hydrogens is 324 g/mol. The van der Waals surface area contributed by atoms with E-state index in [1.807, 2.05) is 5.01 Å². The number of Topliss-reactive ketones (excluding diaryl/α,β-unsaturated/α-hetero) is 1. The lowest BCUT2D eigenvalue weighted by Gasteiger charge is -2.41. The van der Waals surface area contributed by atoms with E-state index in [4.69, 9.17) is 4.74 Å². The van der Waals surface area contributed by atoms with Crippen LogP contribution in [0.4, 0.5) is 0 Å². The van der Waals surface area contributed by atoms with Crippen molar-refractivity contribution in [2.24, 2.45) is 0 Å². The Labute approximate surface area is 144 Å². The molecule has 7 nitrogen and oxygen atoms in total. The van der Waals surface area contributed by atoms with Crippen LogP contribution in [0.3, 0.4) is 0 Å². The molecule has 2 N–H and O–H groups in total. The van der Waals surface area contributed by atoms with Gasteiger partial charge < -0.3 is 14.9 Å². The van der Waals surface area contributed by atoms with E-state index in [0.717, 1.165) is 12.8 Å². The van der Waals surface area contributed by atoms with Gasteiger partial charge in [-0.15, -0.1) is 0 Å². The SMILES string of the molecule is O=C1COc2ccccc2C2=C1C(O)=CC(C(=O)O)N2N1CCCC1. The van der Waals surface area contributed by atoms with Gasteiger partial charge in [-0.1, -0.05) is 12.1 Å². The third kappa shape index (κ3) is 2.47. The molecule has 1 saturated heterocycles. The number of carboxylic acid groups (broad SMARTS) is 1. The minimum absolute atomic E-state index is 0.120. The monoisotopic (exact) mass is 342 g/mol. The first-order chi connectivity index (χ1) is 12.1. The molecule has 0 aromatic heterocycles. The van der Waals surface area contributed by atoms with E-state index in [1.165, 1.54) is 6.08 Å². The summed E-state index contributed by atoms with van der Waals surface area (Å²) < 4.78 is 5.59. The first kappa shape index (κ1) is 15.7. The number of ether oxygens (including phenoxy) is 1. The van der Waals surface area contributed by atoms with Gasteiger partial charge in [-0.05, 0) is 31.1 Å². The predicted molar refractivity (Wildman–Crippen MR) is 88.6 cm³/mol. The lowest BCUT2D eigenvalue weighted by molar-refractivity contribution is -0.145. The molecule has 0 bridgehead atoms. The summed E-state index contributed by atoms with van der Waals surface area (Å²) >= 11 is 0. The fourth-order valence-electron chi connectivity index (χ4n) is 3.62. The molecule has 3 aliphatic rings. The summed E-state index contributed by atoms with van der Waals surface area (Å²) in [4.78, 5) is 24.4. The summed E-state index contributed by atoms with van der Waals surface area (Å²) in [6, 6.07) is 6.05. The molecule has 1 atom stereocenters. The van der Waals surface area contributed by atoms with Crippen LogP contribution in [-0.2, 0) is 9.59 Å². The molecule has 1 unspecified atom stereocenters. The van der Waals surface area contributed by atoms with Crippen LogP contribution in [0.5, 0.6) is 5.75 Å². The van der Waals surface area contributed by atoms with Gasteiger partial charge in [0.2, 0.25) is 5.78 Å². The molecular formula is C18H18N2O5. The van der Waals surface area contributed by atoms with Crippen LogP contribution < -0.4 is 4.74 Å². The maximum absolute atomic E-state index is 12.6. The number of hydrazine groups is 1. The van der Waals surface area contributed by atoms with Gasteiger partial charge in [0.05, 0.1) is 11.3 Å². The molecule has 130 valence electrons. The van der Waals surface area contributed by atoms with E-state index in [1.54, 1.807) is 29.3 Å². The highest BCUT2D eigenvalue weighted by molar-refractivity contribution is 6.09. The number of ketones is 1. The van der Waals surface area contributed by atoms with E-state index in [0.29, 0.717) is 30.1 Å². The number of aliphatic carboxylic acids is 1. The minimum Gasteiger partial charge on any atom is -0.507 e. The standard InChI is InChI=1S/C18H18N2O5/c21-13-9-12(18(23)24)20(19-7-3-4-8-19)17-11-5-1-2-6-15(11)25-10-14(22)16(13)17/h1-2,5-6,9,12,21H,3-4,7-8,10H2,(H,23,24). The second-order valence-electron chi connectivity index (χ2n) is 6.27. The van der Waals surface area contributed by atoms with E-state index >= 15 is 0 Å². The zero-order chi connectivity index (χ0) is 17.6. The molecule has 25 heavy (non-hydrogen) atoms. The zero-order valence-electron chi connectivity index (χ0n) is 13.5. The van der Waals surface area contributed by atoms with E-state index in [2.05, 4.69) is 0 Å². The van der Waals surface area contributed by atoms with Gasteiger partial charge in [0.25, 0.3) is 0 Å². The topological polar surface area (TPSA) is 90.3 Å². The van der Waals surface area contributed by atoms with Gasteiger partial charge in [0.1, 0.15) is 11.5 Å². The van der Waals surface area contributed by atoms with Gasteiger partial charge in [-0.2, -0.15) is 0 Å². The van der Waals surface area contributed by atoms with E-state index in [9.17, 15) is 19.8 Å². The van der Waals surface area contributed by atoms with Crippen molar-refractivity contribution in [1.82, 2.24) is 10.0 Å². The van der Waals surface area contributed by atoms with Crippen LogP contribution in [0.1, 0.15) is 18.4 Å². The van der Waals surface area contributed by atoms with Gasteiger partial charge in [-0.25, -0.2) is 9.80 Å². The van der Waals surface area contributed by atoms with Crippen LogP contribution in [0.2, 0.25) is 0 Å². The van der Waals surface area contributed by atoms with Gasteiger partial charge >= 0.3 is 5.97 Å². The average molecular weight is 342 g/mol. The number of hydrogen-bond donors (Lipinski definition) is 2. The minimum atomic E-state index is -1.08. The van der Waals surface area contributed by atoms with Crippen molar-refractivity contribution in [1.29, 1.82) is 0 Å². The second kappa shape index (κ2) is 5.93. The normalized spacial score (nSPS) is 23.5. The van der Waals surface area contributed by atoms with Crippen LogP contribution in [0, 0.1) is 0 Å². The Morgan fingerprint density at radius 1 is 1.20 bits per heavy atom. The van der Waals surface area contributed by atoms with Crippen LogP contribution >= 0.6 is 0 Å². The summed E-state index contributed by atoms with van der Waals surface area (Å²) in [6.07, 6.45) is 3.13. The van der Waals surface area contributed by atoms with E-state index in [-0.39, 0.29) is 23.7 Å². The number of aliphatic hydroxyl groups is 1. The largest absolute Gasteiger partial charge is 0.507 e. The Hall–Kier alpha value is -2.80. The Bertz CT molecular complexity index is 807. The highest BCUT2D eigenvalue weighted by atomic mass is 16.5. The highest BCUT2D eigenvalue weighted by Crippen LogP contribution is 2.41. The van der Waals surface area contributed by atoms with E-state index < -0.39 is 12.0 Å². The number of carbonyl (C=O) groups excluding carboxylic acids is 1. The second-order valence-corrected chi connectivity index (χ2v) is 6.27. The molecule has 0 spiro atoms. The fourth-order valence-corrected chi connectivity index (χ4v) is 3.62. The molecule has 0 aliphatic carbocycles. The molecule has 1 aromatic rings. The fraction of sp³-hybridized carbons (Fsp3) is 0.333. The number of hydrogen-bond acceptors (Lipinski definition) is 6. The summed E-state index contributed by atoms with van der Waals surface area (Å²) in [5.74, 6) is -1.25. The van der Waals surface area contributed by atoms with Crippen LogP contribution in [0.15, 0.2) is 41.7 Å². The van der Waals surface area contributed by atoms with Crippen molar-refractivity contribution < 1.29 is 24.5 Å². The predicted octanol–water partition coefficient (Wildman–Crippen LogP) is 1.58. The molecule has 7 heteroatoms. The van der Waals surface area contributed by atoms with Crippen LogP contribution in [0.25, 0.3) is 5.70 Å². The smallest absolute Gasteiger partial charge is 0.332 e. The summed E-state index contributed by atoms with van der Waals surface area (Å²) in [7, 11) is 0. The highest BCUT2D eigenvalue weighted by Gasteiger charge is 2.42. The summed E-state index contributed by atoms with van der Waals surface area (Å²) in [6.45, 7) is 1.21. The molecule has 3 heterocycles. The van der Waals surface area contributed by atoms with Crippen LogP contribution in [-0.4, -0.2) is 57.7 Å². The number of aliphatic hydroxyl groups excluding tert-OH is 1. The number of rotatable bonds is 2. The Kier molecular flexibility index (Phi) is 3.73. The maximum Gasteiger partial charge on any atom is 0.332 e. The average Bonchev–Trinajstić information content (AvgIpc) is 3.08. The maximum atomic E-state index is 12.6. The Morgan fingerprint density at radius 2 is 1.92 bits per heavy atom. The van der Waals surface area contributed by atoms with Crippen molar-refractivity contribution in [2.45, 2.75) is 18.9 Å². The quantitative estimate of drug-likeness (QED) is 0.843. The van der Waals surface area contributed by atoms with Crippen molar-refractivity contribution in [3.8, 4) is 5.75 Å². The molecule has 0 amide bonds. The number of carbonyl (C=O) groups is 2. The third-order valence-corrected chi connectivity index (χ3v) is 4.72. The molecule has 0 radical (unpaired) electrons. The first-order valence-electron chi connectivity index (χ1n) is 8.25. The van der Waals surface area contributed by atoms with Crippen molar-refractivity contribution in [2.75, 3.05) is 19.7 Å². The van der Waals surface area contributed by atoms with Gasteiger partial charge in [0.15, 0.2) is 12.6 Å². The summed E-state index contributed by atoms with van der Waals surface area (Å²) in [5.41, 5.74) is 1.14. The Balaban J connectivity index is 1.97. The molecule has 4 rings (SSSR count). The number of para-hydroxylation sites is 1. The number of allylic oxidation sites excluding steroid dienone is 1. The number of nitrogens with zero attached hydrogens (tertiary/aromatic N) is 2. The van der Waals surface area contributed by atoms with Gasteiger partial charge in [-0.3, -0.25) is 9.80 Å². The lowest BCUT2D eigenvalue weighted by atomic mass is 9.95. The van der Waals surface area contributed by atoms with Crippen molar-refractivity contribution >= 4 is 17.4 Å². The molecule has 3 aliphatic heterocycles. The number of carboxylic acids is 1. The van der Waals surface area contributed by atoms with Crippen molar-refractivity contribution in [3.05, 3.63) is 47.2 Å². The molecule has 0 saturated carbocycles. The Morgan fingerprint density at radius 3 is 2.64 bits per heavy atom. The third-order valence-electron chi connectivity index (χ3n) is 4.72. The zero-order valence-corrected chi connectivity index (χ0v) is 13.5. The lowest BCUT2D eigenvalue weighted by Crippen LogP contribution is -2.51. The first-order valence-corrected chi connectivity index (χ1v) is 8.25. The van der Waals surface area contributed by atoms with Crippen molar-refractivity contribution in [3.63, 3.8) is 0 Å². The van der Waals surface area contributed by atoms with Gasteiger partial charge in [0, 0.05) is 18.7 Å². The number of benzene rings is 1. The molecule has 1 fully saturated rings. The summed E-state index contributed by atoms with van der Waals surface area (Å²) in [5, 5.41) is 23.7. The molecule has 1 aromatic carbocycles.